The van der Waals surface area contributed by atoms with E-state index in [1.54, 1.807) is 0 Å². The van der Waals surface area contributed by atoms with E-state index in [9.17, 15) is 4.79 Å². The molecule has 0 aromatic rings. The lowest BCUT2D eigenvalue weighted by molar-refractivity contribution is -0.133. The molecule has 4 heteroatoms. The van der Waals surface area contributed by atoms with Crippen LogP contribution in [0.4, 0.5) is 0 Å². The zero-order valence-electron chi connectivity index (χ0n) is 11.8. The highest BCUT2D eigenvalue weighted by Crippen LogP contribution is 2.07. The van der Waals surface area contributed by atoms with Crippen LogP contribution >= 0.6 is 0 Å². The highest BCUT2D eigenvalue weighted by Gasteiger charge is 2.21. The van der Waals surface area contributed by atoms with Crippen molar-refractivity contribution < 1.29 is 4.79 Å². The Labute approximate surface area is 106 Å². The van der Waals surface area contributed by atoms with Gasteiger partial charge in [0.05, 0.1) is 0 Å². The largest absolute Gasteiger partial charge is 0.340 e. The number of amides is 1. The minimum atomic E-state index is 0.326. The number of hydrogen-bond acceptors (Lipinski definition) is 3. The van der Waals surface area contributed by atoms with E-state index < -0.39 is 0 Å². The number of hydrogen-bond donors (Lipinski definition) is 0. The fourth-order valence-electron chi connectivity index (χ4n) is 2.04. The normalized spacial score (nSPS) is 18.1. The van der Waals surface area contributed by atoms with Gasteiger partial charge in [0.15, 0.2) is 0 Å². The second-order valence-corrected chi connectivity index (χ2v) is 5.62. The molecule has 1 amide bonds. The van der Waals surface area contributed by atoms with E-state index in [0.29, 0.717) is 18.2 Å². The lowest BCUT2D eigenvalue weighted by Crippen LogP contribution is -2.50. The van der Waals surface area contributed by atoms with Gasteiger partial charge in [0.25, 0.3) is 0 Å². The van der Waals surface area contributed by atoms with Gasteiger partial charge in [-0.05, 0) is 20.0 Å². The van der Waals surface area contributed by atoms with Gasteiger partial charge in [-0.25, -0.2) is 0 Å². The van der Waals surface area contributed by atoms with Crippen LogP contribution in [0.5, 0.6) is 0 Å². The Kier molecular flexibility index (Phi) is 5.92. The molecule has 1 heterocycles. The molecule has 17 heavy (non-hydrogen) atoms. The summed E-state index contributed by atoms with van der Waals surface area (Å²) in [5.41, 5.74) is 0. The average molecular weight is 241 g/mol. The standard InChI is InChI=1S/C13H27N3O/c1-12(2)11-13(17)16-9-7-15(8-10-16)6-5-14(3)4/h12H,5-11H2,1-4H3. The van der Waals surface area contributed by atoms with Crippen molar-refractivity contribution in [2.24, 2.45) is 5.92 Å². The Bertz CT molecular complexity index is 233. The molecule has 1 saturated heterocycles. The first-order chi connectivity index (χ1) is 7.99. The number of carbonyl (C=O) groups is 1. The molecule has 0 aromatic heterocycles. The molecule has 4 nitrogen and oxygen atoms in total. The van der Waals surface area contributed by atoms with Crippen LogP contribution in [-0.4, -0.2) is 74.0 Å². The monoisotopic (exact) mass is 241 g/mol. The molecule has 0 saturated carbocycles. The zero-order valence-corrected chi connectivity index (χ0v) is 11.8. The Hall–Kier alpha value is -0.610. The summed E-state index contributed by atoms with van der Waals surface area (Å²) in [5, 5.41) is 0. The predicted molar refractivity (Wildman–Crippen MR) is 71.0 cm³/mol. The third-order valence-electron chi connectivity index (χ3n) is 3.17. The molecule has 100 valence electrons. The van der Waals surface area contributed by atoms with Crippen molar-refractivity contribution in [3.8, 4) is 0 Å². The molecule has 1 aliphatic heterocycles. The minimum Gasteiger partial charge on any atom is -0.340 e. The van der Waals surface area contributed by atoms with E-state index in [1.807, 2.05) is 4.90 Å². The summed E-state index contributed by atoms with van der Waals surface area (Å²) in [6.45, 7) is 10.3. The average Bonchev–Trinajstić information content (AvgIpc) is 2.26. The van der Waals surface area contributed by atoms with Crippen LogP contribution in [0.15, 0.2) is 0 Å². The summed E-state index contributed by atoms with van der Waals surface area (Å²) in [6, 6.07) is 0. The summed E-state index contributed by atoms with van der Waals surface area (Å²) in [5.74, 6) is 0.793. The van der Waals surface area contributed by atoms with Crippen molar-refractivity contribution in [2.45, 2.75) is 20.3 Å². The van der Waals surface area contributed by atoms with Crippen LogP contribution in [0.1, 0.15) is 20.3 Å². The molecule has 1 fully saturated rings. The van der Waals surface area contributed by atoms with E-state index >= 15 is 0 Å². The van der Waals surface area contributed by atoms with Crippen molar-refractivity contribution in [2.75, 3.05) is 53.4 Å². The summed E-state index contributed by atoms with van der Waals surface area (Å²) in [6.07, 6.45) is 0.692. The zero-order chi connectivity index (χ0) is 12.8. The summed E-state index contributed by atoms with van der Waals surface area (Å²) < 4.78 is 0. The number of piperazine rings is 1. The predicted octanol–water partition coefficient (Wildman–Crippen LogP) is 0.738. The van der Waals surface area contributed by atoms with E-state index in [1.165, 1.54) is 0 Å². The smallest absolute Gasteiger partial charge is 0.222 e. The van der Waals surface area contributed by atoms with Crippen molar-refractivity contribution in [1.29, 1.82) is 0 Å². The van der Waals surface area contributed by atoms with E-state index in [0.717, 1.165) is 39.3 Å². The molecule has 0 bridgehead atoms. The first kappa shape index (κ1) is 14.5. The highest BCUT2D eigenvalue weighted by molar-refractivity contribution is 5.76. The van der Waals surface area contributed by atoms with Gasteiger partial charge in [-0.15, -0.1) is 0 Å². The van der Waals surface area contributed by atoms with Crippen LogP contribution in [-0.2, 0) is 4.79 Å². The van der Waals surface area contributed by atoms with Crippen LogP contribution in [0.3, 0.4) is 0 Å². The fraction of sp³-hybridized carbons (Fsp3) is 0.923. The maximum Gasteiger partial charge on any atom is 0.222 e. The maximum absolute atomic E-state index is 11.9. The second kappa shape index (κ2) is 6.97. The number of rotatable bonds is 5. The van der Waals surface area contributed by atoms with Crippen LogP contribution in [0.25, 0.3) is 0 Å². The van der Waals surface area contributed by atoms with Crippen LogP contribution in [0, 0.1) is 5.92 Å². The van der Waals surface area contributed by atoms with E-state index in [-0.39, 0.29) is 0 Å². The molecule has 0 N–H and O–H groups in total. The van der Waals surface area contributed by atoms with Gasteiger partial charge in [-0.2, -0.15) is 0 Å². The maximum atomic E-state index is 11.9. The molecule has 0 radical (unpaired) electrons. The van der Waals surface area contributed by atoms with Gasteiger partial charge in [-0.3, -0.25) is 9.69 Å². The van der Waals surface area contributed by atoms with Crippen LogP contribution in [0.2, 0.25) is 0 Å². The molecule has 0 atom stereocenters. The summed E-state index contributed by atoms with van der Waals surface area (Å²) in [7, 11) is 4.20. The molecular weight excluding hydrogens is 214 g/mol. The fourth-order valence-corrected chi connectivity index (χ4v) is 2.04. The van der Waals surface area contributed by atoms with Gasteiger partial charge < -0.3 is 9.80 Å². The van der Waals surface area contributed by atoms with Crippen molar-refractivity contribution in [3.63, 3.8) is 0 Å². The third kappa shape index (κ3) is 5.50. The quantitative estimate of drug-likeness (QED) is 0.710. The first-order valence-electron chi connectivity index (χ1n) is 6.64. The molecular formula is C13H27N3O. The lowest BCUT2D eigenvalue weighted by Gasteiger charge is -2.35. The molecule has 1 aliphatic rings. The van der Waals surface area contributed by atoms with Gasteiger partial charge in [0, 0.05) is 45.7 Å². The Balaban J connectivity index is 2.23. The van der Waals surface area contributed by atoms with Crippen molar-refractivity contribution in [1.82, 2.24) is 14.7 Å². The van der Waals surface area contributed by atoms with Gasteiger partial charge in [0.2, 0.25) is 5.91 Å². The van der Waals surface area contributed by atoms with Gasteiger partial charge >= 0.3 is 0 Å². The SMILES string of the molecule is CC(C)CC(=O)N1CCN(CCN(C)C)CC1. The topological polar surface area (TPSA) is 26.8 Å². The van der Waals surface area contributed by atoms with Gasteiger partial charge in [0.1, 0.15) is 0 Å². The highest BCUT2D eigenvalue weighted by atomic mass is 16.2. The van der Waals surface area contributed by atoms with E-state index in [4.69, 9.17) is 0 Å². The Morgan fingerprint density at radius 3 is 2.24 bits per heavy atom. The van der Waals surface area contributed by atoms with Crippen LogP contribution < -0.4 is 0 Å². The van der Waals surface area contributed by atoms with E-state index in [2.05, 4.69) is 37.7 Å². The Morgan fingerprint density at radius 1 is 1.18 bits per heavy atom. The lowest BCUT2D eigenvalue weighted by atomic mass is 10.1. The first-order valence-corrected chi connectivity index (χ1v) is 6.64. The molecule has 0 aromatic carbocycles. The van der Waals surface area contributed by atoms with Gasteiger partial charge in [-0.1, -0.05) is 13.8 Å². The van der Waals surface area contributed by atoms with Crippen molar-refractivity contribution >= 4 is 5.91 Å². The minimum absolute atomic E-state index is 0.326. The number of carbonyl (C=O) groups excluding carboxylic acids is 1. The van der Waals surface area contributed by atoms with Crippen molar-refractivity contribution in [3.05, 3.63) is 0 Å². The third-order valence-corrected chi connectivity index (χ3v) is 3.17. The summed E-state index contributed by atoms with van der Waals surface area (Å²) in [4.78, 5) is 18.5. The molecule has 0 aliphatic carbocycles. The molecule has 1 rings (SSSR count). The second-order valence-electron chi connectivity index (χ2n) is 5.62. The number of nitrogens with zero attached hydrogens (tertiary/aromatic N) is 3. The number of likely N-dealkylation sites (N-methyl/N-ethyl adjacent to an activating group) is 1. The summed E-state index contributed by atoms with van der Waals surface area (Å²) >= 11 is 0. The molecule has 0 spiro atoms. The Morgan fingerprint density at radius 2 is 1.76 bits per heavy atom. The molecule has 0 unspecified atom stereocenters.